The molecule has 0 unspecified atom stereocenters. The summed E-state index contributed by atoms with van der Waals surface area (Å²) in [6.07, 6.45) is 0. The van der Waals surface area contributed by atoms with Gasteiger partial charge in [0.1, 0.15) is 11.0 Å². The van der Waals surface area contributed by atoms with Gasteiger partial charge in [-0.1, -0.05) is 18.2 Å². The first-order valence-electron chi connectivity index (χ1n) is 7.05. The number of carbonyl (C=O) groups excluding carboxylic acids is 2. The number of esters is 1. The molecule has 0 saturated heterocycles. The second-order valence-electron chi connectivity index (χ2n) is 4.92. The van der Waals surface area contributed by atoms with Crippen LogP contribution in [0.5, 0.6) is 0 Å². The number of aliphatic hydroxyl groups excluding tert-OH is 1. The zero-order valence-corrected chi connectivity index (χ0v) is 13.2. The molecule has 3 rings (SSSR count). The Morgan fingerprint density at radius 1 is 1.12 bits per heavy atom. The lowest BCUT2D eigenvalue weighted by Crippen LogP contribution is -2.21. The molecule has 0 radical (unpaired) electrons. The summed E-state index contributed by atoms with van der Waals surface area (Å²) in [7, 11) is 0. The minimum Gasteiger partial charge on any atom is -0.452 e. The van der Waals surface area contributed by atoms with Gasteiger partial charge >= 0.3 is 5.97 Å². The summed E-state index contributed by atoms with van der Waals surface area (Å²) in [4.78, 5) is 23.8. The molecular weight excluding hydrogens is 330 g/mol. The molecule has 1 amide bonds. The Kier molecular flexibility index (Phi) is 4.78. The topological polar surface area (TPSA) is 101 Å². The fourth-order valence-electron chi connectivity index (χ4n) is 2.05. The zero-order valence-electron chi connectivity index (χ0n) is 12.4. The van der Waals surface area contributed by atoms with Gasteiger partial charge in [-0.15, -0.1) is 0 Å². The smallest absolute Gasteiger partial charge is 0.338 e. The van der Waals surface area contributed by atoms with E-state index in [0.717, 1.165) is 11.7 Å². The number of amides is 1. The maximum atomic E-state index is 11.9. The summed E-state index contributed by atoms with van der Waals surface area (Å²) >= 11 is 1.06. The summed E-state index contributed by atoms with van der Waals surface area (Å²) in [5.74, 6) is -1.07. The average Bonchev–Trinajstić information content (AvgIpc) is 3.09. The Morgan fingerprint density at radius 3 is 2.67 bits per heavy atom. The van der Waals surface area contributed by atoms with E-state index in [1.807, 2.05) is 0 Å². The molecule has 0 saturated carbocycles. The van der Waals surface area contributed by atoms with Crippen molar-refractivity contribution in [3.8, 4) is 0 Å². The quantitative estimate of drug-likeness (QED) is 0.687. The van der Waals surface area contributed by atoms with Crippen LogP contribution < -0.4 is 5.32 Å². The van der Waals surface area contributed by atoms with Crippen molar-refractivity contribution < 1.29 is 19.4 Å². The van der Waals surface area contributed by atoms with Crippen LogP contribution in [0.2, 0.25) is 0 Å². The fourth-order valence-corrected chi connectivity index (χ4v) is 2.60. The summed E-state index contributed by atoms with van der Waals surface area (Å²) < 4.78 is 13.2. The molecule has 24 heavy (non-hydrogen) atoms. The van der Waals surface area contributed by atoms with Gasteiger partial charge in [-0.3, -0.25) is 4.79 Å². The molecule has 0 fully saturated rings. The van der Waals surface area contributed by atoms with E-state index in [0.29, 0.717) is 27.8 Å². The second kappa shape index (κ2) is 7.16. The predicted molar refractivity (Wildman–Crippen MR) is 88.7 cm³/mol. The van der Waals surface area contributed by atoms with Crippen LogP contribution in [-0.2, 0) is 16.1 Å². The van der Waals surface area contributed by atoms with E-state index in [1.54, 1.807) is 30.3 Å². The Labute approximate surface area is 141 Å². The van der Waals surface area contributed by atoms with E-state index >= 15 is 0 Å². The van der Waals surface area contributed by atoms with Gasteiger partial charge in [0.15, 0.2) is 6.61 Å². The molecule has 122 valence electrons. The Bertz CT molecular complexity index is 876. The highest BCUT2D eigenvalue weighted by molar-refractivity contribution is 7.00. The van der Waals surface area contributed by atoms with Crippen LogP contribution in [0.15, 0.2) is 42.5 Å². The maximum absolute atomic E-state index is 11.9. The first kappa shape index (κ1) is 16.0. The lowest BCUT2D eigenvalue weighted by Gasteiger charge is -2.07. The van der Waals surface area contributed by atoms with Crippen molar-refractivity contribution in [2.75, 3.05) is 11.9 Å². The molecule has 0 spiro atoms. The third-order valence-electron chi connectivity index (χ3n) is 3.27. The van der Waals surface area contributed by atoms with E-state index in [-0.39, 0.29) is 6.61 Å². The van der Waals surface area contributed by atoms with E-state index in [4.69, 9.17) is 9.84 Å². The number of carbonyl (C=O) groups is 2. The summed E-state index contributed by atoms with van der Waals surface area (Å²) in [6, 6.07) is 11.6. The van der Waals surface area contributed by atoms with Gasteiger partial charge in [-0.25, -0.2) is 4.79 Å². The summed E-state index contributed by atoms with van der Waals surface area (Å²) in [5, 5.41) is 11.6. The third-order valence-corrected chi connectivity index (χ3v) is 3.81. The number of nitrogens with one attached hydrogen (secondary N) is 1. The maximum Gasteiger partial charge on any atom is 0.338 e. The number of fused-ring (bicyclic) bond motifs is 1. The molecule has 0 atom stereocenters. The normalized spacial score (nSPS) is 10.5. The molecule has 3 aromatic rings. The minimum absolute atomic E-state index is 0.102. The van der Waals surface area contributed by atoms with Crippen molar-refractivity contribution in [1.82, 2.24) is 8.75 Å². The number of rotatable bonds is 5. The highest BCUT2D eigenvalue weighted by Crippen LogP contribution is 2.20. The van der Waals surface area contributed by atoms with Crippen LogP contribution in [-0.4, -0.2) is 32.3 Å². The first-order chi connectivity index (χ1) is 11.7. The Balaban J connectivity index is 1.59. The molecule has 7 nitrogen and oxygen atoms in total. The molecule has 2 N–H and O–H groups in total. The van der Waals surface area contributed by atoms with Crippen molar-refractivity contribution in [3.05, 3.63) is 53.6 Å². The van der Waals surface area contributed by atoms with Crippen LogP contribution in [0.3, 0.4) is 0 Å². The standard InChI is InChI=1S/C16H13N3O4S/c20-8-10-4-6-11(7-5-10)16(22)23-9-14(21)17-12-2-1-3-13-15(12)19-24-18-13/h1-7,20H,8-9H2,(H,17,21). The van der Waals surface area contributed by atoms with Crippen LogP contribution in [0, 0.1) is 0 Å². The van der Waals surface area contributed by atoms with Gasteiger partial charge < -0.3 is 15.2 Å². The van der Waals surface area contributed by atoms with Crippen molar-refractivity contribution in [2.24, 2.45) is 0 Å². The van der Waals surface area contributed by atoms with Crippen molar-refractivity contribution in [3.63, 3.8) is 0 Å². The van der Waals surface area contributed by atoms with Gasteiger partial charge in [0.05, 0.1) is 29.6 Å². The molecular formula is C16H13N3O4S. The second-order valence-corrected chi connectivity index (χ2v) is 5.45. The lowest BCUT2D eigenvalue weighted by atomic mass is 10.1. The molecule has 0 bridgehead atoms. The minimum atomic E-state index is -0.608. The molecule has 0 aliphatic rings. The Hall–Kier alpha value is -2.84. The van der Waals surface area contributed by atoms with Gasteiger partial charge in [0.2, 0.25) is 0 Å². The van der Waals surface area contributed by atoms with Crippen LogP contribution in [0.4, 0.5) is 5.69 Å². The first-order valence-corrected chi connectivity index (χ1v) is 7.78. The van der Waals surface area contributed by atoms with Gasteiger partial charge in [-0.05, 0) is 29.8 Å². The van der Waals surface area contributed by atoms with E-state index < -0.39 is 18.5 Å². The summed E-state index contributed by atoms with van der Waals surface area (Å²) in [6.45, 7) is -0.511. The van der Waals surface area contributed by atoms with E-state index in [1.165, 1.54) is 12.1 Å². The van der Waals surface area contributed by atoms with Gasteiger partial charge in [-0.2, -0.15) is 8.75 Å². The molecule has 2 aromatic carbocycles. The van der Waals surface area contributed by atoms with Crippen LogP contribution >= 0.6 is 11.7 Å². The number of aliphatic hydroxyl groups is 1. The predicted octanol–water partition coefficient (Wildman–Crippen LogP) is 1.98. The molecule has 8 heteroatoms. The fraction of sp³-hybridized carbons (Fsp3) is 0.125. The number of benzene rings is 2. The highest BCUT2D eigenvalue weighted by atomic mass is 32.1. The number of hydrogen-bond acceptors (Lipinski definition) is 7. The van der Waals surface area contributed by atoms with Gasteiger partial charge in [0.25, 0.3) is 5.91 Å². The number of nitrogens with zero attached hydrogens (tertiary/aromatic N) is 2. The molecule has 0 aliphatic carbocycles. The van der Waals surface area contributed by atoms with Crippen LogP contribution in [0.1, 0.15) is 15.9 Å². The highest BCUT2D eigenvalue weighted by Gasteiger charge is 2.12. The van der Waals surface area contributed by atoms with Gasteiger partial charge in [0, 0.05) is 0 Å². The zero-order chi connectivity index (χ0) is 16.9. The number of aromatic nitrogens is 2. The lowest BCUT2D eigenvalue weighted by molar-refractivity contribution is -0.119. The summed E-state index contributed by atoms with van der Waals surface area (Å²) in [5.41, 5.74) is 2.81. The largest absolute Gasteiger partial charge is 0.452 e. The SMILES string of the molecule is O=C(COC(=O)c1ccc(CO)cc1)Nc1cccc2nsnc12. The average molecular weight is 343 g/mol. The number of hydrogen-bond donors (Lipinski definition) is 2. The van der Waals surface area contributed by atoms with E-state index in [2.05, 4.69) is 14.1 Å². The van der Waals surface area contributed by atoms with Crippen molar-refractivity contribution >= 4 is 40.3 Å². The van der Waals surface area contributed by atoms with Crippen LogP contribution in [0.25, 0.3) is 11.0 Å². The molecule has 1 heterocycles. The number of anilines is 1. The van der Waals surface area contributed by atoms with E-state index in [9.17, 15) is 9.59 Å². The van der Waals surface area contributed by atoms with Crippen molar-refractivity contribution in [2.45, 2.75) is 6.61 Å². The Morgan fingerprint density at radius 2 is 1.92 bits per heavy atom. The third kappa shape index (κ3) is 3.55. The monoisotopic (exact) mass is 343 g/mol. The van der Waals surface area contributed by atoms with Crippen molar-refractivity contribution in [1.29, 1.82) is 0 Å². The number of ether oxygens (including phenoxy) is 1. The molecule has 0 aliphatic heterocycles. The molecule has 1 aromatic heterocycles.